The molecule has 2 aromatic rings. The number of nitrogens with one attached hydrogen (secondary N) is 1. The molecule has 0 saturated carbocycles. The lowest BCUT2D eigenvalue weighted by molar-refractivity contribution is -0.128. The van der Waals surface area contributed by atoms with Crippen LogP contribution in [-0.4, -0.2) is 45.7 Å². The number of rotatable bonds is 5. The van der Waals surface area contributed by atoms with Gasteiger partial charge in [-0.1, -0.05) is 12.1 Å². The van der Waals surface area contributed by atoms with Gasteiger partial charge in [-0.25, -0.2) is 4.98 Å². The molecule has 1 aliphatic heterocycles. The standard InChI is InChI=1S/C16H22N4OS.ClH/c1-11(16-18-13-6-2-3-7-14(13)19-16)22-10-15(21)20-8-4-5-12(20)9-17;/h2-3,6-7,11-12H,4-5,8-10,17H2,1H3,(H,18,19);1H. The van der Waals surface area contributed by atoms with Crippen LogP contribution in [0.1, 0.15) is 30.8 Å². The maximum Gasteiger partial charge on any atom is 0.232 e. The fraction of sp³-hybridized carbons (Fsp3) is 0.500. The molecule has 5 nitrogen and oxygen atoms in total. The number of hydrogen-bond acceptors (Lipinski definition) is 4. The summed E-state index contributed by atoms with van der Waals surface area (Å²) in [5.74, 6) is 1.60. The lowest BCUT2D eigenvalue weighted by Crippen LogP contribution is -2.40. The lowest BCUT2D eigenvalue weighted by atomic mass is 10.2. The number of benzene rings is 1. The first-order valence-corrected chi connectivity index (χ1v) is 8.79. The van der Waals surface area contributed by atoms with Crippen LogP contribution in [0, 0.1) is 0 Å². The van der Waals surface area contributed by atoms with Crippen molar-refractivity contribution >= 4 is 41.1 Å². The first-order valence-electron chi connectivity index (χ1n) is 7.75. The number of thioether (sulfide) groups is 1. The minimum atomic E-state index is 0. The number of amides is 1. The van der Waals surface area contributed by atoms with Gasteiger partial charge in [0.05, 0.1) is 22.0 Å². The minimum absolute atomic E-state index is 0. The minimum Gasteiger partial charge on any atom is -0.341 e. The van der Waals surface area contributed by atoms with Crippen LogP contribution in [0.2, 0.25) is 0 Å². The molecule has 1 saturated heterocycles. The second-order valence-corrected chi connectivity index (χ2v) is 7.04. The molecule has 1 aromatic heterocycles. The maximum atomic E-state index is 12.3. The molecule has 2 atom stereocenters. The average Bonchev–Trinajstić information content (AvgIpc) is 3.17. The van der Waals surface area contributed by atoms with Gasteiger partial charge >= 0.3 is 0 Å². The number of imidazole rings is 1. The van der Waals surface area contributed by atoms with Gasteiger partial charge in [0.25, 0.3) is 0 Å². The van der Waals surface area contributed by atoms with Crippen LogP contribution in [-0.2, 0) is 4.79 Å². The SMILES string of the molecule is CC(SCC(=O)N1CCCC1CN)c1nc2ccccc2[nH]1.Cl. The molecule has 0 radical (unpaired) electrons. The number of fused-ring (bicyclic) bond motifs is 1. The molecule has 0 spiro atoms. The van der Waals surface area contributed by atoms with Crippen molar-refractivity contribution in [3.05, 3.63) is 30.1 Å². The third-order valence-electron chi connectivity index (χ3n) is 4.22. The number of carbonyl (C=O) groups is 1. The number of aromatic nitrogens is 2. The largest absolute Gasteiger partial charge is 0.341 e. The van der Waals surface area contributed by atoms with E-state index in [0.717, 1.165) is 36.2 Å². The van der Waals surface area contributed by atoms with Crippen molar-refractivity contribution in [1.29, 1.82) is 0 Å². The summed E-state index contributed by atoms with van der Waals surface area (Å²) >= 11 is 1.63. The predicted octanol–water partition coefficient (Wildman–Crippen LogP) is 2.73. The van der Waals surface area contributed by atoms with Gasteiger partial charge in [-0.05, 0) is 31.9 Å². The monoisotopic (exact) mass is 354 g/mol. The van der Waals surface area contributed by atoms with Crippen molar-refractivity contribution in [3.63, 3.8) is 0 Å². The number of likely N-dealkylation sites (tertiary alicyclic amines) is 1. The Hall–Kier alpha value is -1.24. The van der Waals surface area contributed by atoms with E-state index in [4.69, 9.17) is 5.73 Å². The highest BCUT2D eigenvalue weighted by molar-refractivity contribution is 8.00. The predicted molar refractivity (Wildman–Crippen MR) is 98.0 cm³/mol. The van der Waals surface area contributed by atoms with E-state index in [1.807, 2.05) is 29.2 Å². The normalized spacial score (nSPS) is 18.9. The Morgan fingerprint density at radius 3 is 3.04 bits per heavy atom. The van der Waals surface area contributed by atoms with Crippen molar-refractivity contribution in [3.8, 4) is 0 Å². The molecule has 0 bridgehead atoms. The van der Waals surface area contributed by atoms with E-state index in [0.29, 0.717) is 12.3 Å². The highest BCUT2D eigenvalue weighted by atomic mass is 35.5. The Labute approximate surface area is 146 Å². The Bertz CT molecular complexity index is 629. The van der Waals surface area contributed by atoms with E-state index in [2.05, 4.69) is 16.9 Å². The lowest BCUT2D eigenvalue weighted by Gasteiger charge is -2.23. The molecule has 2 heterocycles. The molecule has 1 aromatic carbocycles. The number of nitrogens with two attached hydrogens (primary N) is 1. The molecular weight excluding hydrogens is 332 g/mol. The van der Waals surface area contributed by atoms with E-state index in [1.54, 1.807) is 11.8 Å². The topological polar surface area (TPSA) is 75.0 Å². The highest BCUT2D eigenvalue weighted by Gasteiger charge is 2.27. The number of nitrogens with zero attached hydrogens (tertiary/aromatic N) is 2. The van der Waals surface area contributed by atoms with Crippen LogP contribution in [0.5, 0.6) is 0 Å². The zero-order valence-corrected chi connectivity index (χ0v) is 14.8. The highest BCUT2D eigenvalue weighted by Crippen LogP contribution is 2.28. The quantitative estimate of drug-likeness (QED) is 0.865. The molecule has 1 fully saturated rings. The summed E-state index contributed by atoms with van der Waals surface area (Å²) in [5.41, 5.74) is 7.75. The van der Waals surface area contributed by atoms with Crippen LogP contribution < -0.4 is 5.73 Å². The van der Waals surface area contributed by atoms with Crippen molar-refractivity contribution in [2.24, 2.45) is 5.73 Å². The fourth-order valence-corrected chi connectivity index (χ4v) is 3.76. The Morgan fingerprint density at radius 2 is 2.30 bits per heavy atom. The zero-order valence-electron chi connectivity index (χ0n) is 13.2. The first-order chi connectivity index (χ1) is 10.7. The van der Waals surface area contributed by atoms with Gasteiger partial charge in [0.15, 0.2) is 0 Å². The second kappa shape index (κ2) is 8.04. The van der Waals surface area contributed by atoms with Crippen LogP contribution in [0.4, 0.5) is 0 Å². The van der Waals surface area contributed by atoms with Gasteiger partial charge in [0.2, 0.25) is 5.91 Å². The van der Waals surface area contributed by atoms with Gasteiger partial charge in [0.1, 0.15) is 5.82 Å². The third-order valence-corrected chi connectivity index (χ3v) is 5.36. The second-order valence-electron chi connectivity index (χ2n) is 5.71. The smallest absolute Gasteiger partial charge is 0.232 e. The number of hydrogen-bond donors (Lipinski definition) is 2. The molecule has 0 aliphatic carbocycles. The number of aromatic amines is 1. The first kappa shape index (κ1) is 18.1. The van der Waals surface area contributed by atoms with Crippen molar-refractivity contribution < 1.29 is 4.79 Å². The van der Waals surface area contributed by atoms with Crippen LogP contribution >= 0.6 is 24.2 Å². The van der Waals surface area contributed by atoms with Crippen molar-refractivity contribution in [2.75, 3.05) is 18.8 Å². The van der Waals surface area contributed by atoms with Crippen LogP contribution in [0.3, 0.4) is 0 Å². The van der Waals surface area contributed by atoms with Gasteiger partial charge in [-0.3, -0.25) is 4.79 Å². The molecule has 1 amide bonds. The average molecular weight is 355 g/mol. The molecule has 2 unspecified atom stereocenters. The summed E-state index contributed by atoms with van der Waals surface area (Å²) in [6.07, 6.45) is 2.10. The van der Waals surface area contributed by atoms with E-state index in [9.17, 15) is 4.79 Å². The molecule has 3 N–H and O–H groups in total. The summed E-state index contributed by atoms with van der Waals surface area (Å²) < 4.78 is 0. The van der Waals surface area contributed by atoms with Gasteiger partial charge in [0, 0.05) is 19.1 Å². The molecule has 3 rings (SSSR count). The number of para-hydroxylation sites is 2. The molecule has 7 heteroatoms. The summed E-state index contributed by atoms with van der Waals surface area (Å²) in [6.45, 7) is 3.50. The van der Waals surface area contributed by atoms with Gasteiger partial charge < -0.3 is 15.6 Å². The Morgan fingerprint density at radius 1 is 1.52 bits per heavy atom. The van der Waals surface area contributed by atoms with Gasteiger partial charge in [-0.15, -0.1) is 24.2 Å². The Kier molecular flexibility index (Phi) is 6.33. The van der Waals surface area contributed by atoms with E-state index < -0.39 is 0 Å². The number of H-pyrrole nitrogens is 1. The van der Waals surface area contributed by atoms with Crippen LogP contribution in [0.25, 0.3) is 11.0 Å². The molecule has 23 heavy (non-hydrogen) atoms. The summed E-state index contributed by atoms with van der Waals surface area (Å²) in [4.78, 5) is 22.2. The number of carbonyl (C=O) groups excluding carboxylic acids is 1. The van der Waals surface area contributed by atoms with Crippen molar-refractivity contribution in [1.82, 2.24) is 14.9 Å². The van der Waals surface area contributed by atoms with Crippen LogP contribution in [0.15, 0.2) is 24.3 Å². The third kappa shape index (κ3) is 4.00. The number of halogens is 1. The van der Waals surface area contributed by atoms with E-state index in [-0.39, 0.29) is 29.6 Å². The van der Waals surface area contributed by atoms with E-state index in [1.165, 1.54) is 0 Å². The van der Waals surface area contributed by atoms with Gasteiger partial charge in [-0.2, -0.15) is 0 Å². The summed E-state index contributed by atoms with van der Waals surface area (Å²) in [5, 5.41) is 0.162. The molecule has 126 valence electrons. The van der Waals surface area contributed by atoms with E-state index >= 15 is 0 Å². The summed E-state index contributed by atoms with van der Waals surface area (Å²) in [6, 6.07) is 8.22. The Balaban J connectivity index is 0.00000192. The summed E-state index contributed by atoms with van der Waals surface area (Å²) in [7, 11) is 0. The molecular formula is C16H23ClN4OS. The van der Waals surface area contributed by atoms with Crippen molar-refractivity contribution in [2.45, 2.75) is 31.1 Å². The molecule has 1 aliphatic rings. The fourth-order valence-electron chi connectivity index (χ4n) is 2.93. The maximum absolute atomic E-state index is 12.3. The zero-order chi connectivity index (χ0) is 15.5.